The molecule has 1 atom stereocenters. The summed E-state index contributed by atoms with van der Waals surface area (Å²) in [5.74, 6) is -1.97. The van der Waals surface area contributed by atoms with Gasteiger partial charge in [-0.1, -0.05) is 12.1 Å². The van der Waals surface area contributed by atoms with E-state index in [9.17, 15) is 22.4 Å². The van der Waals surface area contributed by atoms with Gasteiger partial charge in [0.25, 0.3) is 5.91 Å². The number of nitrogens with zero attached hydrogens (tertiary/aromatic N) is 1. The van der Waals surface area contributed by atoms with E-state index in [1.807, 2.05) is 0 Å². The van der Waals surface area contributed by atoms with Crippen LogP contribution >= 0.6 is 0 Å². The lowest BCUT2D eigenvalue weighted by Crippen LogP contribution is -2.30. The van der Waals surface area contributed by atoms with Gasteiger partial charge in [0.2, 0.25) is 10.0 Å². The Kier molecular flexibility index (Phi) is 6.29. The fourth-order valence-corrected chi connectivity index (χ4v) is 4.52. The number of nitrogens with one attached hydrogen (secondary N) is 1. The maximum absolute atomic E-state index is 13.2. The van der Waals surface area contributed by atoms with E-state index in [-0.39, 0.29) is 16.1 Å². The Labute approximate surface area is 168 Å². The standard InChI is InChI=1S/C20H21FN2O5S/c1-14(19(24)22-17-8-5-7-16(21)13-17)28-20(25)15-6-4-9-18(12-15)29(26,27)23-10-2-3-11-23/h4-9,12-14H,2-3,10-11H2,1H3,(H,22,24)/t14-/m0/s1. The summed E-state index contributed by atoms with van der Waals surface area (Å²) >= 11 is 0. The molecule has 9 heteroatoms. The van der Waals surface area contributed by atoms with Gasteiger partial charge >= 0.3 is 5.97 Å². The second kappa shape index (κ2) is 8.71. The summed E-state index contributed by atoms with van der Waals surface area (Å²) in [5, 5.41) is 2.45. The normalized spacial score (nSPS) is 15.7. The third-order valence-corrected chi connectivity index (χ3v) is 6.41. The van der Waals surface area contributed by atoms with Crippen LogP contribution < -0.4 is 5.32 Å². The Morgan fingerprint density at radius 3 is 2.48 bits per heavy atom. The predicted octanol–water partition coefficient (Wildman–Crippen LogP) is 2.79. The van der Waals surface area contributed by atoms with Gasteiger partial charge in [-0.3, -0.25) is 4.79 Å². The zero-order valence-electron chi connectivity index (χ0n) is 15.8. The van der Waals surface area contributed by atoms with Crippen molar-refractivity contribution in [2.24, 2.45) is 0 Å². The summed E-state index contributed by atoms with van der Waals surface area (Å²) in [6, 6.07) is 10.9. The van der Waals surface area contributed by atoms with Crippen LogP contribution in [0.4, 0.5) is 10.1 Å². The van der Waals surface area contributed by atoms with Crippen molar-refractivity contribution in [2.75, 3.05) is 18.4 Å². The van der Waals surface area contributed by atoms with Gasteiger partial charge in [-0.15, -0.1) is 0 Å². The van der Waals surface area contributed by atoms with Crippen LogP contribution in [0.3, 0.4) is 0 Å². The van der Waals surface area contributed by atoms with E-state index in [0.29, 0.717) is 13.1 Å². The molecule has 1 heterocycles. The highest BCUT2D eigenvalue weighted by atomic mass is 32.2. The van der Waals surface area contributed by atoms with Crippen molar-refractivity contribution in [3.8, 4) is 0 Å². The van der Waals surface area contributed by atoms with Gasteiger partial charge in [0.05, 0.1) is 10.5 Å². The van der Waals surface area contributed by atoms with Gasteiger partial charge in [0, 0.05) is 18.8 Å². The fraction of sp³-hybridized carbons (Fsp3) is 0.300. The SMILES string of the molecule is C[C@H](OC(=O)c1cccc(S(=O)(=O)N2CCCC2)c1)C(=O)Nc1cccc(F)c1. The molecule has 1 N–H and O–H groups in total. The molecule has 3 rings (SSSR count). The number of hydrogen-bond acceptors (Lipinski definition) is 5. The molecule has 0 saturated carbocycles. The molecule has 1 aliphatic heterocycles. The molecule has 2 aromatic rings. The van der Waals surface area contributed by atoms with Crippen LogP contribution in [0.2, 0.25) is 0 Å². The van der Waals surface area contributed by atoms with Gasteiger partial charge < -0.3 is 10.1 Å². The number of anilines is 1. The monoisotopic (exact) mass is 420 g/mol. The summed E-state index contributed by atoms with van der Waals surface area (Å²) < 4.78 is 45.0. The fourth-order valence-electron chi connectivity index (χ4n) is 2.95. The third-order valence-electron chi connectivity index (χ3n) is 4.52. The second-order valence-corrected chi connectivity index (χ2v) is 8.62. The minimum Gasteiger partial charge on any atom is -0.449 e. The first-order valence-corrected chi connectivity index (χ1v) is 10.6. The predicted molar refractivity (Wildman–Crippen MR) is 104 cm³/mol. The maximum Gasteiger partial charge on any atom is 0.338 e. The van der Waals surface area contributed by atoms with E-state index >= 15 is 0 Å². The third kappa shape index (κ3) is 4.99. The van der Waals surface area contributed by atoms with E-state index in [2.05, 4.69) is 5.32 Å². The molecule has 29 heavy (non-hydrogen) atoms. The molecule has 0 radical (unpaired) electrons. The molecular formula is C20H21FN2O5S. The van der Waals surface area contributed by atoms with Crippen LogP contribution in [-0.4, -0.2) is 43.8 Å². The molecule has 0 aromatic heterocycles. The highest BCUT2D eigenvalue weighted by molar-refractivity contribution is 7.89. The molecule has 0 aliphatic carbocycles. The van der Waals surface area contributed by atoms with E-state index in [0.717, 1.165) is 18.9 Å². The van der Waals surface area contributed by atoms with Crippen molar-refractivity contribution in [1.29, 1.82) is 0 Å². The van der Waals surface area contributed by atoms with Crippen LogP contribution in [-0.2, 0) is 19.6 Å². The van der Waals surface area contributed by atoms with Crippen molar-refractivity contribution in [2.45, 2.75) is 30.8 Å². The number of esters is 1. The highest BCUT2D eigenvalue weighted by Gasteiger charge is 2.28. The van der Waals surface area contributed by atoms with Crippen LogP contribution in [0.25, 0.3) is 0 Å². The van der Waals surface area contributed by atoms with E-state index in [4.69, 9.17) is 4.74 Å². The largest absolute Gasteiger partial charge is 0.449 e. The molecule has 2 aromatic carbocycles. The molecular weight excluding hydrogens is 399 g/mol. The van der Waals surface area contributed by atoms with Gasteiger partial charge in [-0.2, -0.15) is 4.31 Å². The van der Waals surface area contributed by atoms with Gasteiger partial charge in [0.1, 0.15) is 5.82 Å². The number of halogens is 1. The van der Waals surface area contributed by atoms with Crippen LogP contribution in [0.5, 0.6) is 0 Å². The molecule has 0 bridgehead atoms. The smallest absolute Gasteiger partial charge is 0.338 e. The number of amides is 1. The molecule has 0 unspecified atom stereocenters. The van der Waals surface area contributed by atoms with Crippen molar-refractivity contribution >= 4 is 27.6 Å². The molecule has 7 nitrogen and oxygen atoms in total. The van der Waals surface area contributed by atoms with E-state index in [1.165, 1.54) is 53.7 Å². The number of sulfonamides is 1. The van der Waals surface area contributed by atoms with Gasteiger partial charge in [0.15, 0.2) is 6.10 Å². The summed E-state index contributed by atoms with van der Waals surface area (Å²) in [4.78, 5) is 24.6. The highest BCUT2D eigenvalue weighted by Crippen LogP contribution is 2.22. The lowest BCUT2D eigenvalue weighted by atomic mass is 10.2. The lowest BCUT2D eigenvalue weighted by molar-refractivity contribution is -0.123. The maximum atomic E-state index is 13.2. The zero-order chi connectivity index (χ0) is 21.0. The van der Waals surface area contributed by atoms with Gasteiger partial charge in [-0.05, 0) is 56.2 Å². The van der Waals surface area contributed by atoms with Crippen LogP contribution in [0.1, 0.15) is 30.1 Å². The Morgan fingerprint density at radius 1 is 1.10 bits per heavy atom. The van der Waals surface area contributed by atoms with E-state index in [1.54, 1.807) is 0 Å². The average molecular weight is 420 g/mol. The Morgan fingerprint density at radius 2 is 1.79 bits per heavy atom. The quantitative estimate of drug-likeness (QED) is 0.726. The number of ether oxygens (including phenoxy) is 1. The van der Waals surface area contributed by atoms with Crippen LogP contribution in [0.15, 0.2) is 53.4 Å². The van der Waals surface area contributed by atoms with Crippen molar-refractivity contribution in [3.05, 3.63) is 59.9 Å². The molecule has 1 aliphatic rings. The van der Waals surface area contributed by atoms with Crippen molar-refractivity contribution in [1.82, 2.24) is 4.31 Å². The second-order valence-electron chi connectivity index (χ2n) is 6.69. The first-order valence-electron chi connectivity index (χ1n) is 9.15. The summed E-state index contributed by atoms with van der Waals surface area (Å²) in [6.45, 7) is 2.28. The average Bonchev–Trinajstić information content (AvgIpc) is 3.23. The minimum absolute atomic E-state index is 0.00529. The topological polar surface area (TPSA) is 92.8 Å². The molecule has 0 spiro atoms. The molecule has 1 saturated heterocycles. The number of rotatable bonds is 6. The van der Waals surface area contributed by atoms with Crippen LogP contribution in [0, 0.1) is 5.82 Å². The molecule has 154 valence electrons. The Bertz CT molecular complexity index is 1020. The van der Waals surface area contributed by atoms with Crippen molar-refractivity contribution < 1.29 is 27.1 Å². The Hall–Kier alpha value is -2.78. The molecule has 1 fully saturated rings. The molecule has 1 amide bonds. The van der Waals surface area contributed by atoms with Crippen molar-refractivity contribution in [3.63, 3.8) is 0 Å². The van der Waals surface area contributed by atoms with Gasteiger partial charge in [-0.25, -0.2) is 17.6 Å². The first kappa shape index (κ1) is 20.9. The summed E-state index contributed by atoms with van der Waals surface area (Å²) in [5.41, 5.74) is 0.257. The van der Waals surface area contributed by atoms with E-state index < -0.39 is 33.8 Å². The number of carbonyl (C=O) groups is 2. The summed E-state index contributed by atoms with van der Waals surface area (Å²) in [7, 11) is -3.67. The first-order chi connectivity index (χ1) is 13.8. The minimum atomic E-state index is -3.67. The number of hydrogen-bond donors (Lipinski definition) is 1. The lowest BCUT2D eigenvalue weighted by Gasteiger charge is -2.16. The number of carbonyl (C=O) groups excluding carboxylic acids is 2. The zero-order valence-corrected chi connectivity index (χ0v) is 16.6. The number of benzene rings is 2. The Balaban J connectivity index is 1.68. The summed E-state index contributed by atoms with van der Waals surface area (Å²) in [6.07, 6.45) is 0.447.